The van der Waals surface area contributed by atoms with Gasteiger partial charge in [-0.2, -0.15) is 0 Å². The monoisotopic (exact) mass is 263 g/mol. The van der Waals surface area contributed by atoms with Crippen molar-refractivity contribution in [2.75, 3.05) is 34.2 Å². The topological polar surface area (TPSA) is 32.5 Å². The van der Waals surface area contributed by atoms with Crippen molar-refractivity contribution in [3.63, 3.8) is 0 Å². The van der Waals surface area contributed by atoms with Gasteiger partial charge in [-0.05, 0) is 40.1 Å². The maximum absolute atomic E-state index is 6.34. The van der Waals surface area contributed by atoms with Gasteiger partial charge in [0.1, 0.15) is 0 Å². The van der Waals surface area contributed by atoms with Crippen molar-refractivity contribution >= 4 is 0 Å². The quantitative estimate of drug-likeness (QED) is 0.819. The zero-order chi connectivity index (χ0) is 14.4. The maximum Gasteiger partial charge on any atom is 0.0496 e. The standard InChI is InChI=1S/C16H29N3/c1-6-15(17)16(19(5)12-11-18(3)4)14-9-7-13(2)8-10-14/h7-10,15-16H,6,11-12,17H2,1-5H3. The van der Waals surface area contributed by atoms with E-state index >= 15 is 0 Å². The summed E-state index contributed by atoms with van der Waals surface area (Å²) in [5, 5.41) is 0. The molecular weight excluding hydrogens is 234 g/mol. The highest BCUT2D eigenvalue weighted by atomic mass is 15.2. The van der Waals surface area contributed by atoms with Crippen LogP contribution in [0.4, 0.5) is 0 Å². The van der Waals surface area contributed by atoms with Crippen LogP contribution in [-0.2, 0) is 0 Å². The Morgan fingerprint density at radius 3 is 2.11 bits per heavy atom. The van der Waals surface area contributed by atoms with Crippen molar-refractivity contribution < 1.29 is 0 Å². The molecule has 0 aliphatic heterocycles. The molecule has 0 aromatic heterocycles. The zero-order valence-corrected chi connectivity index (χ0v) is 13.1. The Bertz CT molecular complexity index is 359. The third-order valence-corrected chi connectivity index (χ3v) is 3.67. The van der Waals surface area contributed by atoms with Gasteiger partial charge in [-0.3, -0.25) is 4.90 Å². The Labute approximate surface area is 118 Å². The molecule has 2 N–H and O–H groups in total. The van der Waals surface area contributed by atoms with Crippen LogP contribution >= 0.6 is 0 Å². The van der Waals surface area contributed by atoms with Gasteiger partial charge in [0.25, 0.3) is 0 Å². The summed E-state index contributed by atoms with van der Waals surface area (Å²) in [5.74, 6) is 0. The minimum absolute atomic E-state index is 0.176. The van der Waals surface area contributed by atoms with E-state index in [1.165, 1.54) is 11.1 Å². The Hall–Kier alpha value is -0.900. The molecule has 1 rings (SSSR count). The van der Waals surface area contributed by atoms with Crippen molar-refractivity contribution in [2.45, 2.75) is 32.4 Å². The molecule has 1 aromatic rings. The molecule has 0 saturated carbocycles. The number of rotatable bonds is 7. The molecule has 3 heteroatoms. The molecule has 0 spiro atoms. The highest BCUT2D eigenvalue weighted by Gasteiger charge is 2.22. The molecule has 0 aliphatic rings. The number of benzene rings is 1. The van der Waals surface area contributed by atoms with E-state index in [-0.39, 0.29) is 6.04 Å². The summed E-state index contributed by atoms with van der Waals surface area (Å²) in [5.41, 5.74) is 8.95. The van der Waals surface area contributed by atoms with Crippen LogP contribution in [0.2, 0.25) is 0 Å². The molecule has 3 nitrogen and oxygen atoms in total. The van der Waals surface area contributed by atoms with Crippen LogP contribution in [0.3, 0.4) is 0 Å². The summed E-state index contributed by atoms with van der Waals surface area (Å²) in [7, 11) is 6.38. The lowest BCUT2D eigenvalue weighted by molar-refractivity contribution is 0.191. The minimum Gasteiger partial charge on any atom is -0.326 e. The summed E-state index contributed by atoms with van der Waals surface area (Å²) in [6.45, 7) is 6.36. The summed E-state index contributed by atoms with van der Waals surface area (Å²) < 4.78 is 0. The molecule has 0 bridgehead atoms. The van der Waals surface area contributed by atoms with E-state index in [9.17, 15) is 0 Å². The predicted octanol–water partition coefficient (Wildman–Crippen LogP) is 2.27. The van der Waals surface area contributed by atoms with Crippen molar-refractivity contribution in [1.82, 2.24) is 9.80 Å². The fourth-order valence-corrected chi connectivity index (χ4v) is 2.31. The average molecular weight is 263 g/mol. The van der Waals surface area contributed by atoms with Gasteiger partial charge in [0.2, 0.25) is 0 Å². The number of nitrogens with two attached hydrogens (primary N) is 1. The first kappa shape index (κ1) is 16.2. The molecule has 0 saturated heterocycles. The van der Waals surface area contributed by atoms with E-state index in [1.54, 1.807) is 0 Å². The number of hydrogen-bond donors (Lipinski definition) is 1. The lowest BCUT2D eigenvalue weighted by Gasteiger charge is -2.33. The molecule has 2 unspecified atom stereocenters. The van der Waals surface area contributed by atoms with Gasteiger partial charge in [-0.1, -0.05) is 36.8 Å². The van der Waals surface area contributed by atoms with Crippen LogP contribution in [0, 0.1) is 6.92 Å². The van der Waals surface area contributed by atoms with Gasteiger partial charge in [-0.25, -0.2) is 0 Å². The van der Waals surface area contributed by atoms with E-state index in [1.807, 2.05) is 0 Å². The highest BCUT2D eigenvalue weighted by Crippen LogP contribution is 2.24. The first-order valence-corrected chi connectivity index (χ1v) is 7.12. The van der Waals surface area contributed by atoms with Gasteiger partial charge >= 0.3 is 0 Å². The molecule has 108 valence electrons. The molecule has 0 radical (unpaired) electrons. The maximum atomic E-state index is 6.34. The Balaban J connectivity index is 2.85. The predicted molar refractivity (Wildman–Crippen MR) is 83.4 cm³/mol. The third kappa shape index (κ3) is 4.94. The van der Waals surface area contributed by atoms with E-state index in [2.05, 4.69) is 69.1 Å². The van der Waals surface area contributed by atoms with Crippen molar-refractivity contribution in [3.8, 4) is 0 Å². The summed E-state index contributed by atoms with van der Waals surface area (Å²) in [4.78, 5) is 4.58. The van der Waals surface area contributed by atoms with Crippen LogP contribution in [0.15, 0.2) is 24.3 Å². The Morgan fingerprint density at radius 1 is 1.05 bits per heavy atom. The molecule has 0 aliphatic carbocycles. The molecular formula is C16H29N3. The zero-order valence-electron chi connectivity index (χ0n) is 13.1. The smallest absolute Gasteiger partial charge is 0.0496 e. The fraction of sp³-hybridized carbons (Fsp3) is 0.625. The molecule has 0 fully saturated rings. The van der Waals surface area contributed by atoms with Gasteiger partial charge in [0.05, 0.1) is 0 Å². The lowest BCUT2D eigenvalue weighted by Crippen LogP contribution is -2.41. The van der Waals surface area contributed by atoms with Crippen LogP contribution in [0.25, 0.3) is 0 Å². The second kappa shape index (κ2) is 7.63. The van der Waals surface area contributed by atoms with Crippen LogP contribution in [0.1, 0.15) is 30.5 Å². The Morgan fingerprint density at radius 2 is 1.63 bits per heavy atom. The van der Waals surface area contributed by atoms with Gasteiger partial charge in [0, 0.05) is 25.2 Å². The van der Waals surface area contributed by atoms with Crippen molar-refractivity contribution in [3.05, 3.63) is 35.4 Å². The van der Waals surface area contributed by atoms with Gasteiger partial charge in [0.15, 0.2) is 0 Å². The molecule has 0 amide bonds. The van der Waals surface area contributed by atoms with Crippen molar-refractivity contribution in [2.24, 2.45) is 5.73 Å². The minimum atomic E-state index is 0.176. The SMILES string of the molecule is CCC(N)C(c1ccc(C)cc1)N(C)CCN(C)C. The molecule has 1 aromatic carbocycles. The molecule has 19 heavy (non-hydrogen) atoms. The first-order valence-electron chi connectivity index (χ1n) is 7.12. The number of aryl methyl sites for hydroxylation is 1. The summed E-state index contributed by atoms with van der Waals surface area (Å²) >= 11 is 0. The summed E-state index contributed by atoms with van der Waals surface area (Å²) in [6.07, 6.45) is 0.991. The number of nitrogens with zero attached hydrogens (tertiary/aromatic N) is 2. The van der Waals surface area contributed by atoms with E-state index in [0.717, 1.165) is 19.5 Å². The van der Waals surface area contributed by atoms with Crippen molar-refractivity contribution in [1.29, 1.82) is 0 Å². The van der Waals surface area contributed by atoms with Gasteiger partial charge < -0.3 is 10.6 Å². The second-order valence-electron chi connectivity index (χ2n) is 5.71. The number of hydrogen-bond acceptors (Lipinski definition) is 3. The largest absolute Gasteiger partial charge is 0.326 e. The van der Waals surface area contributed by atoms with E-state index in [0.29, 0.717) is 6.04 Å². The Kier molecular flexibility index (Phi) is 6.49. The van der Waals surface area contributed by atoms with E-state index in [4.69, 9.17) is 5.73 Å². The van der Waals surface area contributed by atoms with Crippen LogP contribution < -0.4 is 5.73 Å². The number of likely N-dealkylation sites (N-methyl/N-ethyl adjacent to an activating group) is 2. The average Bonchev–Trinajstić information content (AvgIpc) is 2.38. The summed E-state index contributed by atoms with van der Waals surface area (Å²) in [6, 6.07) is 9.23. The van der Waals surface area contributed by atoms with E-state index < -0.39 is 0 Å². The lowest BCUT2D eigenvalue weighted by atomic mass is 9.96. The van der Waals surface area contributed by atoms with Gasteiger partial charge in [-0.15, -0.1) is 0 Å². The second-order valence-corrected chi connectivity index (χ2v) is 5.71. The normalized spacial score (nSPS) is 14.9. The fourth-order valence-electron chi connectivity index (χ4n) is 2.31. The van der Waals surface area contributed by atoms with Crippen LogP contribution in [0.5, 0.6) is 0 Å². The third-order valence-electron chi connectivity index (χ3n) is 3.67. The molecule has 2 atom stereocenters. The highest BCUT2D eigenvalue weighted by molar-refractivity contribution is 5.25. The first-order chi connectivity index (χ1) is 8.95. The van der Waals surface area contributed by atoms with Crippen LogP contribution in [-0.4, -0.2) is 50.1 Å². The molecule has 0 heterocycles.